The van der Waals surface area contributed by atoms with Crippen molar-refractivity contribution in [1.29, 1.82) is 0 Å². The Morgan fingerprint density at radius 1 is 1.09 bits per heavy atom. The molecular weight excluding hydrogens is 279 g/mol. The summed E-state index contributed by atoms with van der Waals surface area (Å²) in [5.74, 6) is -0.635. The van der Waals surface area contributed by atoms with E-state index in [4.69, 9.17) is 0 Å². The van der Waals surface area contributed by atoms with E-state index < -0.39 is 0 Å². The largest absolute Gasteiger partial charge is 0.321 e. The molecule has 0 aliphatic heterocycles. The Balaban J connectivity index is 2.00. The molecule has 1 amide bonds. The maximum absolute atomic E-state index is 12.9. The van der Waals surface area contributed by atoms with Crippen molar-refractivity contribution >= 4 is 22.5 Å². The zero-order valence-corrected chi connectivity index (χ0v) is 12.4. The zero-order valence-electron chi connectivity index (χ0n) is 12.4. The molecule has 3 aromatic rings. The molecule has 0 atom stereocenters. The number of carbonyl (C=O) groups is 1. The predicted molar refractivity (Wildman–Crippen MR) is 85.6 cm³/mol. The maximum atomic E-state index is 12.9. The summed E-state index contributed by atoms with van der Waals surface area (Å²) >= 11 is 0. The molecule has 22 heavy (non-hydrogen) atoms. The Morgan fingerprint density at radius 3 is 2.55 bits per heavy atom. The van der Waals surface area contributed by atoms with Gasteiger partial charge in [-0.2, -0.15) is 0 Å². The topological polar surface area (TPSA) is 42.0 Å². The van der Waals surface area contributed by atoms with E-state index in [0.29, 0.717) is 11.3 Å². The normalized spacial score (nSPS) is 10.7. The van der Waals surface area contributed by atoms with E-state index in [1.54, 1.807) is 12.3 Å². The number of aryl methyl sites for hydroxylation is 2. The molecule has 0 saturated heterocycles. The summed E-state index contributed by atoms with van der Waals surface area (Å²) < 4.78 is 12.9. The van der Waals surface area contributed by atoms with E-state index in [0.717, 1.165) is 22.0 Å². The summed E-state index contributed by atoms with van der Waals surface area (Å²) in [4.78, 5) is 16.7. The molecule has 1 heterocycles. The molecule has 3 rings (SSSR count). The van der Waals surface area contributed by atoms with Crippen LogP contribution in [0.15, 0.2) is 48.7 Å². The van der Waals surface area contributed by atoms with Crippen molar-refractivity contribution in [2.45, 2.75) is 13.8 Å². The van der Waals surface area contributed by atoms with Gasteiger partial charge in [0.25, 0.3) is 5.91 Å². The van der Waals surface area contributed by atoms with E-state index in [1.807, 2.05) is 19.9 Å². The summed E-state index contributed by atoms with van der Waals surface area (Å²) in [7, 11) is 0. The first-order valence-corrected chi connectivity index (χ1v) is 6.97. The molecule has 0 unspecified atom stereocenters. The lowest BCUT2D eigenvalue weighted by Gasteiger charge is -2.10. The van der Waals surface area contributed by atoms with Crippen LogP contribution in [0.2, 0.25) is 0 Å². The van der Waals surface area contributed by atoms with Gasteiger partial charge in [0.1, 0.15) is 5.82 Å². The Kier molecular flexibility index (Phi) is 3.59. The van der Waals surface area contributed by atoms with Crippen molar-refractivity contribution in [2.24, 2.45) is 0 Å². The maximum Gasteiger partial charge on any atom is 0.255 e. The lowest BCUT2D eigenvalue weighted by molar-refractivity contribution is 0.102. The second-order valence-corrected chi connectivity index (χ2v) is 5.30. The number of rotatable bonds is 2. The van der Waals surface area contributed by atoms with E-state index in [2.05, 4.69) is 16.4 Å². The average molecular weight is 294 g/mol. The van der Waals surface area contributed by atoms with Gasteiger partial charge in [0.2, 0.25) is 0 Å². The van der Waals surface area contributed by atoms with Gasteiger partial charge in [0.05, 0.1) is 11.2 Å². The monoisotopic (exact) mass is 294 g/mol. The molecule has 1 N–H and O–H groups in total. The Morgan fingerprint density at radius 2 is 1.82 bits per heavy atom. The summed E-state index contributed by atoms with van der Waals surface area (Å²) in [5.41, 5.74) is 4.15. The van der Waals surface area contributed by atoms with Crippen LogP contribution in [0, 0.1) is 19.7 Å². The minimum atomic E-state index is -0.364. The standard InChI is InChI=1S/C18H15FN2O/c1-11-9-12(2)17-15(10-11)16(7-8-20-17)21-18(22)13-3-5-14(19)6-4-13/h3-10H,1-2H3,(H,20,21,22). The smallest absolute Gasteiger partial charge is 0.255 e. The third-order valence-electron chi connectivity index (χ3n) is 3.53. The van der Waals surface area contributed by atoms with Crippen molar-refractivity contribution < 1.29 is 9.18 Å². The highest BCUT2D eigenvalue weighted by molar-refractivity contribution is 6.08. The highest BCUT2D eigenvalue weighted by Crippen LogP contribution is 2.26. The number of nitrogens with zero attached hydrogens (tertiary/aromatic N) is 1. The summed E-state index contributed by atoms with van der Waals surface area (Å²) in [5, 5.41) is 3.77. The van der Waals surface area contributed by atoms with Gasteiger partial charge in [-0.25, -0.2) is 4.39 Å². The first-order valence-electron chi connectivity index (χ1n) is 6.97. The lowest BCUT2D eigenvalue weighted by atomic mass is 10.1. The van der Waals surface area contributed by atoms with E-state index in [1.165, 1.54) is 24.3 Å². The van der Waals surface area contributed by atoms with E-state index >= 15 is 0 Å². The van der Waals surface area contributed by atoms with Crippen LogP contribution in [0.1, 0.15) is 21.5 Å². The number of anilines is 1. The van der Waals surface area contributed by atoms with Crippen LogP contribution in [-0.2, 0) is 0 Å². The highest BCUT2D eigenvalue weighted by Gasteiger charge is 2.10. The lowest BCUT2D eigenvalue weighted by Crippen LogP contribution is -2.12. The molecule has 3 nitrogen and oxygen atoms in total. The van der Waals surface area contributed by atoms with Gasteiger partial charge in [-0.15, -0.1) is 0 Å². The predicted octanol–water partition coefficient (Wildman–Crippen LogP) is 4.24. The van der Waals surface area contributed by atoms with Crippen LogP contribution in [0.4, 0.5) is 10.1 Å². The number of nitrogens with one attached hydrogen (secondary N) is 1. The second-order valence-electron chi connectivity index (χ2n) is 5.30. The molecule has 1 aromatic heterocycles. The number of amides is 1. The van der Waals surface area contributed by atoms with Crippen molar-refractivity contribution in [3.05, 3.63) is 71.2 Å². The quantitative estimate of drug-likeness (QED) is 0.768. The summed E-state index contributed by atoms with van der Waals surface area (Å²) in [6.45, 7) is 4.00. The van der Waals surface area contributed by atoms with Crippen LogP contribution < -0.4 is 5.32 Å². The molecular formula is C18H15FN2O. The second kappa shape index (κ2) is 5.56. The fourth-order valence-electron chi connectivity index (χ4n) is 2.52. The number of aromatic nitrogens is 1. The van der Waals surface area contributed by atoms with Crippen molar-refractivity contribution in [1.82, 2.24) is 4.98 Å². The molecule has 0 saturated carbocycles. The van der Waals surface area contributed by atoms with Gasteiger partial charge in [-0.3, -0.25) is 9.78 Å². The summed E-state index contributed by atoms with van der Waals surface area (Å²) in [6, 6.07) is 11.3. The Labute approximate surface area is 127 Å². The van der Waals surface area contributed by atoms with Crippen LogP contribution in [0.3, 0.4) is 0 Å². The number of halogens is 1. The third kappa shape index (κ3) is 2.68. The van der Waals surface area contributed by atoms with Gasteiger partial charge in [0, 0.05) is 17.1 Å². The molecule has 0 aliphatic carbocycles. The molecule has 0 spiro atoms. The minimum Gasteiger partial charge on any atom is -0.321 e. The number of fused-ring (bicyclic) bond motifs is 1. The van der Waals surface area contributed by atoms with Gasteiger partial charge < -0.3 is 5.32 Å². The third-order valence-corrected chi connectivity index (χ3v) is 3.53. The number of benzene rings is 2. The molecule has 4 heteroatoms. The first kappa shape index (κ1) is 14.2. The van der Waals surface area contributed by atoms with Crippen LogP contribution >= 0.6 is 0 Å². The van der Waals surface area contributed by atoms with Crippen LogP contribution in [0.25, 0.3) is 10.9 Å². The van der Waals surface area contributed by atoms with Gasteiger partial charge >= 0.3 is 0 Å². The Hall–Kier alpha value is -2.75. The average Bonchev–Trinajstić information content (AvgIpc) is 2.48. The molecule has 0 aliphatic rings. The summed E-state index contributed by atoms with van der Waals surface area (Å²) in [6.07, 6.45) is 1.67. The zero-order chi connectivity index (χ0) is 15.7. The van der Waals surface area contributed by atoms with Gasteiger partial charge in [0.15, 0.2) is 0 Å². The molecule has 0 radical (unpaired) electrons. The van der Waals surface area contributed by atoms with Crippen molar-refractivity contribution in [3.8, 4) is 0 Å². The highest BCUT2D eigenvalue weighted by atomic mass is 19.1. The number of carbonyl (C=O) groups excluding carboxylic acids is 1. The van der Waals surface area contributed by atoms with E-state index in [-0.39, 0.29) is 11.7 Å². The minimum absolute atomic E-state index is 0.272. The van der Waals surface area contributed by atoms with Gasteiger partial charge in [-0.1, -0.05) is 11.6 Å². The molecule has 2 aromatic carbocycles. The SMILES string of the molecule is Cc1cc(C)c2nccc(NC(=O)c3ccc(F)cc3)c2c1. The van der Waals surface area contributed by atoms with E-state index in [9.17, 15) is 9.18 Å². The molecule has 0 fully saturated rings. The van der Waals surface area contributed by atoms with Crippen molar-refractivity contribution in [3.63, 3.8) is 0 Å². The number of hydrogen-bond donors (Lipinski definition) is 1. The van der Waals surface area contributed by atoms with Crippen molar-refractivity contribution in [2.75, 3.05) is 5.32 Å². The molecule has 0 bridgehead atoms. The fourth-order valence-corrected chi connectivity index (χ4v) is 2.52. The first-order chi connectivity index (χ1) is 10.5. The fraction of sp³-hybridized carbons (Fsp3) is 0.111. The van der Waals surface area contributed by atoms with Crippen LogP contribution in [0.5, 0.6) is 0 Å². The Bertz CT molecular complexity index is 857. The number of pyridine rings is 1. The number of hydrogen-bond acceptors (Lipinski definition) is 2. The van der Waals surface area contributed by atoms with Crippen LogP contribution in [-0.4, -0.2) is 10.9 Å². The molecule has 110 valence electrons. The van der Waals surface area contributed by atoms with Gasteiger partial charge in [-0.05, 0) is 55.8 Å².